The molecule has 0 radical (unpaired) electrons. The molecule has 0 atom stereocenters. The predicted octanol–water partition coefficient (Wildman–Crippen LogP) is 3.98. The van der Waals surface area contributed by atoms with E-state index in [9.17, 15) is 0 Å². The summed E-state index contributed by atoms with van der Waals surface area (Å²) in [5.74, 6) is 0.687. The molecule has 0 unspecified atom stereocenters. The molecule has 4 rings (SSSR count). The van der Waals surface area contributed by atoms with Crippen LogP contribution in [-0.2, 0) is 5.75 Å². The molecule has 5 nitrogen and oxygen atoms in total. The van der Waals surface area contributed by atoms with Crippen LogP contribution in [0.15, 0.2) is 48.0 Å². The van der Waals surface area contributed by atoms with Gasteiger partial charge in [0.1, 0.15) is 5.65 Å². The number of nitrogens with zero attached hydrogens (tertiary/aromatic N) is 5. The Kier molecular flexibility index (Phi) is 3.44. The van der Waals surface area contributed by atoms with E-state index in [1.165, 1.54) is 11.8 Å². The summed E-state index contributed by atoms with van der Waals surface area (Å²) < 4.78 is 3.79. The second kappa shape index (κ2) is 5.46. The molecule has 4 heterocycles. The molecule has 0 aliphatic rings. The van der Waals surface area contributed by atoms with Crippen LogP contribution in [0.5, 0.6) is 0 Å². The topological polar surface area (TPSA) is 47.5 Å². The van der Waals surface area contributed by atoms with Gasteiger partial charge >= 0.3 is 0 Å². The molecule has 0 saturated heterocycles. The molecule has 0 aliphatic carbocycles. The zero-order valence-electron chi connectivity index (χ0n) is 11.1. The first-order chi connectivity index (χ1) is 10.7. The minimum absolute atomic E-state index is 0.486. The second-order valence-electron chi connectivity index (χ2n) is 4.67. The third-order valence-corrected chi connectivity index (χ3v) is 4.62. The summed E-state index contributed by atoms with van der Waals surface area (Å²) >= 11 is 13.7. The smallest absolute Gasteiger partial charge is 0.196 e. The number of aromatic nitrogens is 5. The highest BCUT2D eigenvalue weighted by Crippen LogP contribution is 2.26. The van der Waals surface area contributed by atoms with Crippen LogP contribution >= 0.6 is 35.0 Å². The molecular formula is C14H9Cl2N5S. The van der Waals surface area contributed by atoms with Gasteiger partial charge in [-0.05, 0) is 18.2 Å². The van der Waals surface area contributed by atoms with Crippen LogP contribution in [-0.4, -0.2) is 24.0 Å². The zero-order chi connectivity index (χ0) is 15.1. The Bertz CT molecular complexity index is 945. The van der Waals surface area contributed by atoms with Crippen molar-refractivity contribution in [1.82, 2.24) is 24.0 Å². The van der Waals surface area contributed by atoms with Gasteiger partial charge < -0.3 is 4.40 Å². The lowest BCUT2D eigenvalue weighted by Crippen LogP contribution is -1.89. The van der Waals surface area contributed by atoms with Gasteiger partial charge in [-0.15, -0.1) is 10.2 Å². The maximum atomic E-state index is 6.11. The molecule has 4 aromatic rings. The van der Waals surface area contributed by atoms with E-state index < -0.39 is 0 Å². The lowest BCUT2D eigenvalue weighted by atomic mass is 10.5. The molecule has 0 fully saturated rings. The highest BCUT2D eigenvalue weighted by molar-refractivity contribution is 7.98. The fraction of sp³-hybridized carbons (Fsp3) is 0.0714. The van der Waals surface area contributed by atoms with Gasteiger partial charge in [-0.2, -0.15) is 0 Å². The first-order valence-electron chi connectivity index (χ1n) is 6.46. The van der Waals surface area contributed by atoms with Crippen LogP contribution in [0.4, 0.5) is 0 Å². The van der Waals surface area contributed by atoms with Gasteiger partial charge in [0.2, 0.25) is 0 Å². The summed E-state index contributed by atoms with van der Waals surface area (Å²) in [5, 5.41) is 10.0. The van der Waals surface area contributed by atoms with E-state index in [0.717, 1.165) is 16.5 Å². The van der Waals surface area contributed by atoms with Crippen LogP contribution in [0.1, 0.15) is 5.69 Å². The van der Waals surface area contributed by atoms with Crippen molar-refractivity contribution in [3.63, 3.8) is 0 Å². The molecule has 0 amide bonds. The number of rotatable bonds is 3. The molecule has 4 aromatic heterocycles. The van der Waals surface area contributed by atoms with Crippen molar-refractivity contribution in [3.8, 4) is 0 Å². The highest BCUT2D eigenvalue weighted by Gasteiger charge is 2.11. The SMILES string of the molecule is Clc1cc(Cl)c2nnc(SCc3cn4ccccc4n3)n2c1. The van der Waals surface area contributed by atoms with Crippen molar-refractivity contribution in [3.05, 3.63) is 58.6 Å². The number of hydrogen-bond acceptors (Lipinski definition) is 4. The minimum Gasteiger partial charge on any atom is -0.307 e. The molecule has 8 heteroatoms. The predicted molar refractivity (Wildman–Crippen MR) is 87.8 cm³/mol. The zero-order valence-corrected chi connectivity index (χ0v) is 13.5. The lowest BCUT2D eigenvalue weighted by Gasteiger charge is -2.00. The number of hydrogen-bond donors (Lipinski definition) is 0. The Hall–Kier alpha value is -1.76. The molecule has 22 heavy (non-hydrogen) atoms. The van der Waals surface area contributed by atoms with Crippen molar-refractivity contribution in [2.75, 3.05) is 0 Å². The maximum Gasteiger partial charge on any atom is 0.196 e. The Morgan fingerprint density at radius 3 is 2.91 bits per heavy atom. The summed E-state index contributed by atoms with van der Waals surface area (Å²) in [5.41, 5.74) is 2.50. The van der Waals surface area contributed by atoms with E-state index in [0.29, 0.717) is 21.4 Å². The van der Waals surface area contributed by atoms with Gasteiger partial charge in [-0.25, -0.2) is 4.98 Å². The van der Waals surface area contributed by atoms with Crippen molar-refractivity contribution in [1.29, 1.82) is 0 Å². The fourth-order valence-corrected chi connectivity index (χ4v) is 3.50. The van der Waals surface area contributed by atoms with E-state index in [4.69, 9.17) is 23.2 Å². The molecule has 0 aromatic carbocycles. The summed E-state index contributed by atoms with van der Waals surface area (Å²) in [6.07, 6.45) is 5.74. The quantitative estimate of drug-likeness (QED) is 0.525. The number of halogens is 2. The van der Waals surface area contributed by atoms with Gasteiger partial charge in [-0.1, -0.05) is 41.0 Å². The first kappa shape index (κ1) is 13.9. The summed E-state index contributed by atoms with van der Waals surface area (Å²) in [4.78, 5) is 4.56. The van der Waals surface area contributed by atoms with E-state index in [2.05, 4.69) is 15.2 Å². The van der Waals surface area contributed by atoms with Gasteiger partial charge in [0.25, 0.3) is 0 Å². The van der Waals surface area contributed by atoms with Gasteiger partial charge in [0.05, 0.1) is 15.7 Å². The number of pyridine rings is 2. The van der Waals surface area contributed by atoms with Crippen molar-refractivity contribution in [2.24, 2.45) is 0 Å². The average Bonchev–Trinajstić information content (AvgIpc) is 3.08. The highest BCUT2D eigenvalue weighted by atomic mass is 35.5. The Morgan fingerprint density at radius 1 is 1.14 bits per heavy atom. The van der Waals surface area contributed by atoms with E-state index in [1.54, 1.807) is 16.7 Å². The third kappa shape index (κ3) is 2.43. The van der Waals surface area contributed by atoms with Crippen LogP contribution < -0.4 is 0 Å². The molecule has 0 aliphatic heterocycles. The van der Waals surface area contributed by atoms with Gasteiger partial charge in [0, 0.05) is 24.3 Å². The van der Waals surface area contributed by atoms with E-state index in [-0.39, 0.29) is 0 Å². The van der Waals surface area contributed by atoms with Crippen molar-refractivity contribution >= 4 is 46.3 Å². The average molecular weight is 350 g/mol. The minimum atomic E-state index is 0.486. The van der Waals surface area contributed by atoms with Crippen molar-refractivity contribution < 1.29 is 0 Å². The summed E-state index contributed by atoms with van der Waals surface area (Å²) in [7, 11) is 0. The van der Waals surface area contributed by atoms with E-state index in [1.807, 2.05) is 35.0 Å². The molecule has 0 saturated carbocycles. The second-order valence-corrected chi connectivity index (χ2v) is 6.46. The standard InChI is InChI=1S/C14H9Cl2N5S/c15-9-5-11(16)13-18-19-14(21(13)6-9)22-8-10-7-20-4-2-1-3-12(20)17-10/h1-7H,8H2. The Labute approximate surface area is 139 Å². The summed E-state index contributed by atoms with van der Waals surface area (Å²) in [6, 6.07) is 7.57. The van der Waals surface area contributed by atoms with Gasteiger partial charge in [0.15, 0.2) is 10.8 Å². The van der Waals surface area contributed by atoms with Crippen LogP contribution in [0.25, 0.3) is 11.3 Å². The molecular weight excluding hydrogens is 341 g/mol. The lowest BCUT2D eigenvalue weighted by molar-refractivity contribution is 0.920. The molecule has 0 spiro atoms. The van der Waals surface area contributed by atoms with Crippen LogP contribution in [0, 0.1) is 0 Å². The number of thioether (sulfide) groups is 1. The largest absolute Gasteiger partial charge is 0.307 e. The van der Waals surface area contributed by atoms with Crippen molar-refractivity contribution in [2.45, 2.75) is 10.9 Å². The van der Waals surface area contributed by atoms with Crippen LogP contribution in [0.2, 0.25) is 10.0 Å². The number of fused-ring (bicyclic) bond motifs is 2. The molecule has 0 N–H and O–H groups in total. The normalized spacial score (nSPS) is 11.5. The molecule has 110 valence electrons. The third-order valence-electron chi connectivity index (χ3n) is 3.16. The fourth-order valence-electron chi connectivity index (χ4n) is 2.20. The maximum absolute atomic E-state index is 6.11. The number of imidazole rings is 1. The summed E-state index contributed by atoms with van der Waals surface area (Å²) in [6.45, 7) is 0. The Balaban J connectivity index is 1.63. The first-order valence-corrected chi connectivity index (χ1v) is 8.20. The molecule has 0 bridgehead atoms. The Morgan fingerprint density at radius 2 is 2.05 bits per heavy atom. The van der Waals surface area contributed by atoms with E-state index >= 15 is 0 Å². The van der Waals surface area contributed by atoms with Crippen LogP contribution in [0.3, 0.4) is 0 Å². The van der Waals surface area contributed by atoms with Gasteiger partial charge in [-0.3, -0.25) is 4.40 Å². The monoisotopic (exact) mass is 349 g/mol.